The summed E-state index contributed by atoms with van der Waals surface area (Å²) in [5, 5.41) is 9.23. The standard InChI is InChI=1S/C15H18N4OS/c1-15(2,3)10-6-4-9(5-7-10)14(20)18-13-11(12(16)21)8-17-19-13/h4-8H,1-3H3,(H2,16,21)(H2,17,18,19,20). The number of carbonyl (C=O) groups excluding carboxylic acids is 1. The highest BCUT2D eigenvalue weighted by Gasteiger charge is 2.15. The fraction of sp³-hybridized carbons (Fsp3) is 0.267. The van der Waals surface area contributed by atoms with Crippen LogP contribution >= 0.6 is 12.2 Å². The molecule has 0 bridgehead atoms. The number of aromatic nitrogens is 2. The van der Waals surface area contributed by atoms with E-state index in [1.54, 1.807) is 12.1 Å². The van der Waals surface area contributed by atoms with Crippen LogP contribution in [-0.2, 0) is 5.41 Å². The minimum atomic E-state index is -0.239. The number of nitrogens with one attached hydrogen (secondary N) is 2. The Morgan fingerprint density at radius 2 is 1.90 bits per heavy atom. The number of anilines is 1. The summed E-state index contributed by atoms with van der Waals surface area (Å²) in [6, 6.07) is 7.51. The number of rotatable bonds is 3. The number of aromatic amines is 1. The molecule has 0 unspecified atom stereocenters. The van der Waals surface area contributed by atoms with Crippen LogP contribution in [-0.4, -0.2) is 21.1 Å². The van der Waals surface area contributed by atoms with E-state index < -0.39 is 0 Å². The molecule has 1 aromatic carbocycles. The zero-order valence-corrected chi connectivity index (χ0v) is 13.0. The van der Waals surface area contributed by atoms with Gasteiger partial charge < -0.3 is 11.1 Å². The van der Waals surface area contributed by atoms with E-state index in [4.69, 9.17) is 18.0 Å². The maximum absolute atomic E-state index is 12.2. The van der Waals surface area contributed by atoms with Crippen LogP contribution in [0.25, 0.3) is 0 Å². The molecule has 2 aromatic rings. The Morgan fingerprint density at radius 1 is 1.29 bits per heavy atom. The molecule has 21 heavy (non-hydrogen) atoms. The maximum atomic E-state index is 12.2. The summed E-state index contributed by atoms with van der Waals surface area (Å²) in [6.45, 7) is 6.38. The predicted octanol–water partition coefficient (Wildman–Crippen LogP) is 2.59. The molecule has 0 aliphatic heterocycles. The minimum absolute atomic E-state index is 0.0529. The second kappa shape index (κ2) is 5.65. The third kappa shape index (κ3) is 3.46. The molecular weight excluding hydrogens is 284 g/mol. The Balaban J connectivity index is 2.17. The highest BCUT2D eigenvalue weighted by atomic mass is 32.1. The lowest BCUT2D eigenvalue weighted by Crippen LogP contribution is -2.17. The Hall–Kier alpha value is -2.21. The molecule has 0 spiro atoms. The topological polar surface area (TPSA) is 83.8 Å². The van der Waals surface area contributed by atoms with Crippen molar-refractivity contribution in [2.45, 2.75) is 26.2 Å². The molecule has 1 aromatic heterocycles. The van der Waals surface area contributed by atoms with Crippen molar-refractivity contribution in [1.82, 2.24) is 10.2 Å². The number of carbonyl (C=O) groups is 1. The first-order chi connectivity index (χ1) is 9.79. The van der Waals surface area contributed by atoms with Gasteiger partial charge >= 0.3 is 0 Å². The number of benzene rings is 1. The van der Waals surface area contributed by atoms with E-state index in [-0.39, 0.29) is 16.3 Å². The summed E-state index contributed by atoms with van der Waals surface area (Å²) in [6.07, 6.45) is 1.49. The summed E-state index contributed by atoms with van der Waals surface area (Å²) in [4.78, 5) is 12.4. The van der Waals surface area contributed by atoms with Gasteiger partial charge in [-0.25, -0.2) is 0 Å². The third-order valence-electron chi connectivity index (χ3n) is 3.16. The first-order valence-corrected chi connectivity index (χ1v) is 6.95. The second-order valence-corrected chi connectivity index (χ2v) is 6.24. The van der Waals surface area contributed by atoms with E-state index in [0.717, 1.165) is 0 Å². The first-order valence-electron chi connectivity index (χ1n) is 6.54. The van der Waals surface area contributed by atoms with Crippen molar-refractivity contribution in [3.63, 3.8) is 0 Å². The molecule has 5 nitrogen and oxygen atoms in total. The van der Waals surface area contributed by atoms with Gasteiger partial charge in [0.1, 0.15) is 10.8 Å². The van der Waals surface area contributed by atoms with Crippen LogP contribution < -0.4 is 11.1 Å². The Kier molecular flexibility index (Phi) is 4.09. The van der Waals surface area contributed by atoms with Gasteiger partial charge in [0.2, 0.25) is 0 Å². The number of H-pyrrole nitrogens is 1. The molecule has 1 amide bonds. The van der Waals surface area contributed by atoms with E-state index in [1.807, 2.05) is 12.1 Å². The van der Waals surface area contributed by atoms with Crippen LogP contribution in [0.5, 0.6) is 0 Å². The predicted molar refractivity (Wildman–Crippen MR) is 87.6 cm³/mol. The van der Waals surface area contributed by atoms with Gasteiger partial charge in [0, 0.05) is 5.56 Å². The number of hydrogen-bond acceptors (Lipinski definition) is 3. The van der Waals surface area contributed by atoms with Gasteiger partial charge in [-0.3, -0.25) is 9.89 Å². The molecule has 110 valence electrons. The molecule has 6 heteroatoms. The van der Waals surface area contributed by atoms with E-state index in [2.05, 4.69) is 36.3 Å². The monoisotopic (exact) mass is 302 g/mol. The van der Waals surface area contributed by atoms with Gasteiger partial charge in [-0.05, 0) is 23.1 Å². The fourth-order valence-electron chi connectivity index (χ4n) is 1.88. The molecule has 0 saturated heterocycles. The molecule has 4 N–H and O–H groups in total. The third-order valence-corrected chi connectivity index (χ3v) is 3.38. The molecular formula is C15H18N4OS. The molecule has 0 aliphatic rings. The van der Waals surface area contributed by atoms with Crippen LogP contribution in [0.1, 0.15) is 42.3 Å². The zero-order chi connectivity index (χ0) is 15.6. The molecule has 0 atom stereocenters. The Bertz CT molecular complexity index is 668. The van der Waals surface area contributed by atoms with E-state index in [9.17, 15) is 4.79 Å². The zero-order valence-electron chi connectivity index (χ0n) is 12.2. The van der Waals surface area contributed by atoms with Crippen LogP contribution in [0.2, 0.25) is 0 Å². The van der Waals surface area contributed by atoms with E-state index in [1.165, 1.54) is 11.8 Å². The minimum Gasteiger partial charge on any atom is -0.389 e. The van der Waals surface area contributed by atoms with Gasteiger partial charge in [-0.1, -0.05) is 45.1 Å². The number of nitrogens with two attached hydrogens (primary N) is 1. The average molecular weight is 302 g/mol. The molecule has 0 radical (unpaired) electrons. The van der Waals surface area contributed by atoms with Crippen molar-refractivity contribution < 1.29 is 4.79 Å². The van der Waals surface area contributed by atoms with Gasteiger partial charge in [-0.2, -0.15) is 5.10 Å². The van der Waals surface area contributed by atoms with Gasteiger partial charge in [0.25, 0.3) is 5.91 Å². The number of nitrogens with zero attached hydrogens (tertiary/aromatic N) is 1. The van der Waals surface area contributed by atoms with Crippen molar-refractivity contribution in [2.75, 3.05) is 5.32 Å². The number of thiocarbonyl (C=S) groups is 1. The van der Waals surface area contributed by atoms with Gasteiger partial charge in [0.15, 0.2) is 0 Å². The van der Waals surface area contributed by atoms with E-state index >= 15 is 0 Å². The van der Waals surface area contributed by atoms with Crippen molar-refractivity contribution >= 4 is 28.9 Å². The lowest BCUT2D eigenvalue weighted by Gasteiger charge is -2.19. The number of amides is 1. The van der Waals surface area contributed by atoms with Gasteiger partial charge in [0.05, 0.1) is 11.8 Å². The Labute approximate surface area is 128 Å². The second-order valence-electron chi connectivity index (χ2n) is 5.80. The fourth-order valence-corrected chi connectivity index (χ4v) is 2.03. The molecule has 1 heterocycles. The summed E-state index contributed by atoms with van der Waals surface area (Å²) in [5.41, 5.74) is 7.86. The SMILES string of the molecule is CC(C)(C)c1ccc(C(=O)Nc2[nH]ncc2C(N)=S)cc1. The Morgan fingerprint density at radius 3 is 2.43 bits per heavy atom. The highest BCUT2D eigenvalue weighted by molar-refractivity contribution is 7.80. The lowest BCUT2D eigenvalue weighted by molar-refractivity contribution is 0.102. The van der Waals surface area contributed by atoms with Crippen molar-refractivity contribution in [3.05, 3.63) is 47.2 Å². The van der Waals surface area contributed by atoms with Crippen molar-refractivity contribution in [1.29, 1.82) is 0 Å². The summed E-state index contributed by atoms with van der Waals surface area (Å²) >= 11 is 4.90. The quantitative estimate of drug-likeness (QED) is 0.761. The molecule has 0 saturated carbocycles. The summed E-state index contributed by atoms with van der Waals surface area (Å²) in [7, 11) is 0. The van der Waals surface area contributed by atoms with Gasteiger partial charge in [-0.15, -0.1) is 0 Å². The maximum Gasteiger partial charge on any atom is 0.256 e. The van der Waals surface area contributed by atoms with Crippen molar-refractivity contribution in [2.24, 2.45) is 5.73 Å². The van der Waals surface area contributed by atoms with Crippen LogP contribution in [0, 0.1) is 0 Å². The summed E-state index contributed by atoms with van der Waals surface area (Å²) in [5.74, 6) is 0.171. The van der Waals surface area contributed by atoms with Crippen LogP contribution in [0.4, 0.5) is 5.82 Å². The molecule has 2 rings (SSSR count). The van der Waals surface area contributed by atoms with Crippen LogP contribution in [0.15, 0.2) is 30.5 Å². The van der Waals surface area contributed by atoms with E-state index in [0.29, 0.717) is 16.9 Å². The smallest absolute Gasteiger partial charge is 0.256 e. The first kappa shape index (κ1) is 15.2. The highest BCUT2D eigenvalue weighted by Crippen LogP contribution is 2.22. The largest absolute Gasteiger partial charge is 0.389 e. The molecule has 0 aliphatic carbocycles. The average Bonchev–Trinajstić information content (AvgIpc) is 2.86. The number of hydrogen-bond donors (Lipinski definition) is 3. The van der Waals surface area contributed by atoms with Crippen LogP contribution in [0.3, 0.4) is 0 Å². The molecule has 0 fully saturated rings. The van der Waals surface area contributed by atoms with Crippen molar-refractivity contribution in [3.8, 4) is 0 Å². The lowest BCUT2D eigenvalue weighted by atomic mass is 9.87. The summed E-state index contributed by atoms with van der Waals surface area (Å²) < 4.78 is 0. The normalized spacial score (nSPS) is 11.2.